The van der Waals surface area contributed by atoms with E-state index in [0.717, 1.165) is 5.56 Å². The van der Waals surface area contributed by atoms with Crippen LogP contribution < -0.4 is 9.47 Å². The zero-order valence-corrected chi connectivity index (χ0v) is 13.9. The summed E-state index contributed by atoms with van der Waals surface area (Å²) < 4.78 is 44.5. The van der Waals surface area contributed by atoms with Gasteiger partial charge in [-0.15, -0.1) is 3.89 Å². The Morgan fingerprint density at radius 3 is 2.57 bits per heavy atom. The van der Waals surface area contributed by atoms with Gasteiger partial charge in [-0.25, -0.2) is 0 Å². The first kappa shape index (κ1) is 17.5. The topological polar surface area (TPSA) is 72.9 Å². The van der Waals surface area contributed by atoms with E-state index in [2.05, 4.69) is 0 Å². The van der Waals surface area contributed by atoms with E-state index in [9.17, 15) is 17.1 Å². The number of likely N-dealkylation sites (tertiary alicyclic amines) is 1. The molecule has 1 aliphatic heterocycles. The fourth-order valence-corrected chi connectivity index (χ4v) is 3.55. The second kappa shape index (κ2) is 7.16. The van der Waals surface area contributed by atoms with Gasteiger partial charge in [-0.05, 0) is 24.1 Å². The number of nitrogens with zero attached hydrogens (tertiary/aromatic N) is 1. The van der Waals surface area contributed by atoms with Crippen LogP contribution in [0.25, 0.3) is 0 Å². The maximum atomic E-state index is 12.7. The molecule has 0 aliphatic carbocycles. The Balaban J connectivity index is 1.95. The van der Waals surface area contributed by atoms with E-state index in [1.807, 2.05) is 12.1 Å². The van der Waals surface area contributed by atoms with Crippen molar-refractivity contribution < 1.29 is 26.6 Å². The van der Waals surface area contributed by atoms with Gasteiger partial charge in [-0.2, -0.15) is 8.42 Å². The van der Waals surface area contributed by atoms with E-state index in [1.54, 1.807) is 25.2 Å². The van der Waals surface area contributed by atoms with Gasteiger partial charge in [-0.1, -0.05) is 6.07 Å². The van der Waals surface area contributed by atoms with E-state index in [0.29, 0.717) is 24.5 Å². The number of ether oxygens (including phenoxy) is 2. The highest BCUT2D eigenvalue weighted by Crippen LogP contribution is 2.28. The second-order valence-electron chi connectivity index (χ2n) is 5.55. The highest BCUT2D eigenvalue weighted by Gasteiger charge is 2.32. The Labute approximate surface area is 135 Å². The number of methoxy groups -OCH3 is 2. The minimum absolute atomic E-state index is 0.0785. The fraction of sp³-hybridized carbons (Fsp3) is 0.533. The normalized spacial score (nSPS) is 18.3. The first-order valence-corrected chi connectivity index (χ1v) is 8.78. The zero-order valence-electron chi connectivity index (χ0n) is 13.1. The molecule has 0 N–H and O–H groups in total. The van der Waals surface area contributed by atoms with Crippen LogP contribution in [0.15, 0.2) is 18.2 Å². The van der Waals surface area contributed by atoms with Crippen molar-refractivity contribution >= 4 is 16.1 Å². The molecule has 0 saturated carbocycles. The lowest BCUT2D eigenvalue weighted by molar-refractivity contribution is -0.127. The van der Waals surface area contributed by atoms with Crippen LogP contribution in [0, 0.1) is 5.92 Å². The molecule has 1 amide bonds. The van der Waals surface area contributed by atoms with Crippen molar-refractivity contribution in [2.75, 3.05) is 33.1 Å². The van der Waals surface area contributed by atoms with Crippen LogP contribution in [0.4, 0.5) is 3.89 Å². The van der Waals surface area contributed by atoms with Crippen molar-refractivity contribution in [1.29, 1.82) is 0 Å². The van der Waals surface area contributed by atoms with Gasteiger partial charge < -0.3 is 14.4 Å². The van der Waals surface area contributed by atoms with Gasteiger partial charge in [0.2, 0.25) is 5.91 Å². The third-order valence-corrected chi connectivity index (χ3v) is 4.72. The summed E-state index contributed by atoms with van der Waals surface area (Å²) >= 11 is 0. The number of hydrogen-bond acceptors (Lipinski definition) is 5. The number of carbonyl (C=O) groups is 1. The van der Waals surface area contributed by atoms with Gasteiger partial charge in [0.1, 0.15) is 0 Å². The summed E-state index contributed by atoms with van der Waals surface area (Å²) in [5.41, 5.74) is 0.969. The summed E-state index contributed by atoms with van der Waals surface area (Å²) in [6.07, 6.45) is 0.677. The summed E-state index contributed by atoms with van der Waals surface area (Å²) in [5.74, 6) is 0.0360. The standard InChI is InChI=1S/C15H20FNO5S/c1-21-13-4-3-11(7-14(13)22-2)5-6-17-9-12(8-15(17)18)10-23(16,19)20/h3-4,7,12H,5-6,8-10H2,1-2H3. The van der Waals surface area contributed by atoms with Gasteiger partial charge in [0.15, 0.2) is 11.5 Å². The van der Waals surface area contributed by atoms with Crippen LogP contribution in [0.3, 0.4) is 0 Å². The first-order chi connectivity index (χ1) is 10.8. The molecule has 1 unspecified atom stereocenters. The van der Waals surface area contributed by atoms with E-state index in [4.69, 9.17) is 9.47 Å². The minimum Gasteiger partial charge on any atom is -0.493 e. The quantitative estimate of drug-likeness (QED) is 0.699. The average molecular weight is 345 g/mol. The van der Waals surface area contributed by atoms with E-state index >= 15 is 0 Å². The van der Waals surface area contributed by atoms with E-state index < -0.39 is 21.9 Å². The molecule has 0 radical (unpaired) electrons. The maximum Gasteiger partial charge on any atom is 0.302 e. The number of rotatable bonds is 7. The summed E-state index contributed by atoms with van der Waals surface area (Å²) in [6.45, 7) is 0.729. The third-order valence-electron chi connectivity index (χ3n) is 3.85. The van der Waals surface area contributed by atoms with E-state index in [1.165, 1.54) is 0 Å². The van der Waals surface area contributed by atoms with Crippen LogP contribution in [0.2, 0.25) is 0 Å². The molecule has 0 aromatic heterocycles. The molecule has 1 aromatic carbocycles. The SMILES string of the molecule is COc1ccc(CCN2CC(CS(=O)(=O)F)CC2=O)cc1OC. The Hall–Kier alpha value is -1.83. The van der Waals surface area contributed by atoms with Gasteiger partial charge >= 0.3 is 10.2 Å². The Bertz CT molecular complexity index is 676. The number of halogens is 1. The molecular formula is C15H20FNO5S. The lowest BCUT2D eigenvalue weighted by atomic mass is 10.1. The summed E-state index contributed by atoms with van der Waals surface area (Å²) in [4.78, 5) is 13.5. The Morgan fingerprint density at radius 2 is 1.96 bits per heavy atom. The zero-order chi connectivity index (χ0) is 17.0. The molecule has 128 valence electrons. The number of hydrogen-bond donors (Lipinski definition) is 0. The minimum atomic E-state index is -4.55. The van der Waals surface area contributed by atoms with Crippen molar-refractivity contribution in [3.63, 3.8) is 0 Å². The smallest absolute Gasteiger partial charge is 0.302 e. The molecule has 8 heteroatoms. The molecular weight excluding hydrogens is 325 g/mol. The van der Waals surface area contributed by atoms with Crippen molar-refractivity contribution in [2.45, 2.75) is 12.8 Å². The lowest BCUT2D eigenvalue weighted by Crippen LogP contribution is -2.28. The van der Waals surface area contributed by atoms with Crippen molar-refractivity contribution in [3.05, 3.63) is 23.8 Å². The highest BCUT2D eigenvalue weighted by molar-refractivity contribution is 7.86. The monoisotopic (exact) mass is 345 g/mol. The van der Waals surface area contributed by atoms with Crippen LogP contribution in [0.5, 0.6) is 11.5 Å². The van der Waals surface area contributed by atoms with Gasteiger partial charge in [0, 0.05) is 25.4 Å². The molecule has 1 atom stereocenters. The van der Waals surface area contributed by atoms with Crippen LogP contribution in [0.1, 0.15) is 12.0 Å². The molecule has 1 aromatic rings. The fourth-order valence-electron chi connectivity index (χ4n) is 2.76. The number of carbonyl (C=O) groups excluding carboxylic acids is 1. The molecule has 0 spiro atoms. The van der Waals surface area contributed by atoms with Gasteiger partial charge in [0.05, 0.1) is 20.0 Å². The number of benzene rings is 1. The average Bonchev–Trinajstić information content (AvgIpc) is 2.82. The van der Waals surface area contributed by atoms with E-state index in [-0.39, 0.29) is 18.9 Å². The second-order valence-corrected chi connectivity index (χ2v) is 6.97. The molecule has 1 heterocycles. The van der Waals surface area contributed by atoms with Crippen LogP contribution in [-0.4, -0.2) is 52.3 Å². The maximum absolute atomic E-state index is 12.7. The molecule has 1 aliphatic rings. The Morgan fingerprint density at radius 1 is 1.26 bits per heavy atom. The molecule has 6 nitrogen and oxygen atoms in total. The van der Waals surface area contributed by atoms with Crippen molar-refractivity contribution in [2.24, 2.45) is 5.92 Å². The largest absolute Gasteiger partial charge is 0.493 e. The summed E-state index contributed by atoms with van der Waals surface area (Å²) in [5, 5.41) is 0. The van der Waals surface area contributed by atoms with Crippen molar-refractivity contribution in [3.8, 4) is 11.5 Å². The first-order valence-electron chi connectivity index (χ1n) is 7.23. The Kier molecular flexibility index (Phi) is 5.46. The summed E-state index contributed by atoms with van der Waals surface area (Å²) in [6, 6.07) is 5.51. The van der Waals surface area contributed by atoms with Crippen LogP contribution >= 0.6 is 0 Å². The van der Waals surface area contributed by atoms with Gasteiger partial charge in [0.25, 0.3) is 0 Å². The molecule has 23 heavy (non-hydrogen) atoms. The third kappa shape index (κ3) is 4.82. The lowest BCUT2D eigenvalue weighted by Gasteiger charge is -2.17. The number of amides is 1. The predicted octanol–water partition coefficient (Wildman–Crippen LogP) is 1.39. The molecule has 0 bridgehead atoms. The molecule has 1 fully saturated rings. The summed E-state index contributed by atoms with van der Waals surface area (Å²) in [7, 11) is -1.44. The predicted molar refractivity (Wildman–Crippen MR) is 82.8 cm³/mol. The molecule has 2 rings (SSSR count). The van der Waals surface area contributed by atoms with Gasteiger partial charge in [-0.3, -0.25) is 4.79 Å². The van der Waals surface area contributed by atoms with Crippen LogP contribution in [-0.2, 0) is 21.4 Å². The van der Waals surface area contributed by atoms with Crippen molar-refractivity contribution in [1.82, 2.24) is 4.90 Å². The molecule has 1 saturated heterocycles. The highest BCUT2D eigenvalue weighted by atomic mass is 32.3.